The van der Waals surface area contributed by atoms with Crippen LogP contribution >= 0.6 is 0 Å². The molecule has 2 aromatic carbocycles. The number of aliphatic hydroxyl groups is 1. The van der Waals surface area contributed by atoms with Crippen molar-refractivity contribution >= 4 is 5.97 Å². The van der Waals surface area contributed by atoms with Gasteiger partial charge in [-0.3, -0.25) is 0 Å². The third-order valence-electron chi connectivity index (χ3n) is 9.48. The van der Waals surface area contributed by atoms with Crippen molar-refractivity contribution < 1.29 is 14.6 Å². The zero-order chi connectivity index (χ0) is 27.5. The van der Waals surface area contributed by atoms with Crippen LogP contribution in [0.5, 0.6) is 0 Å². The molecule has 0 radical (unpaired) electrons. The maximum absolute atomic E-state index is 11.6. The van der Waals surface area contributed by atoms with Gasteiger partial charge in [-0.05, 0) is 110 Å². The summed E-state index contributed by atoms with van der Waals surface area (Å²) in [6.07, 6.45) is 18.1. The minimum Gasteiger partial charge on any atom is -0.462 e. The first-order chi connectivity index (χ1) is 19.1. The lowest BCUT2D eigenvalue weighted by atomic mass is 9.76. The van der Waals surface area contributed by atoms with E-state index in [2.05, 4.69) is 62.0 Å². The van der Waals surface area contributed by atoms with Crippen molar-refractivity contribution in [3.8, 4) is 11.1 Å². The van der Waals surface area contributed by atoms with Crippen LogP contribution in [0, 0.1) is 11.8 Å². The first-order valence-electron chi connectivity index (χ1n) is 15.7. The maximum atomic E-state index is 11.6. The second-order valence-electron chi connectivity index (χ2n) is 12.2. The lowest BCUT2D eigenvalue weighted by Crippen LogP contribution is -2.15. The van der Waals surface area contributed by atoms with Gasteiger partial charge in [-0.1, -0.05) is 87.7 Å². The van der Waals surface area contributed by atoms with Gasteiger partial charge >= 0.3 is 5.97 Å². The highest BCUT2D eigenvalue weighted by atomic mass is 16.5. The first kappa shape index (κ1) is 29.6. The predicted octanol–water partition coefficient (Wildman–Crippen LogP) is 9.35. The van der Waals surface area contributed by atoms with Crippen molar-refractivity contribution in [2.75, 3.05) is 13.2 Å². The van der Waals surface area contributed by atoms with Crippen molar-refractivity contribution in [2.24, 2.45) is 11.8 Å². The minimum absolute atomic E-state index is 0.129. The summed E-state index contributed by atoms with van der Waals surface area (Å²) in [6, 6.07) is 18.8. The molecule has 0 bridgehead atoms. The number of hydrogen-bond donors (Lipinski definition) is 1. The quantitative estimate of drug-likeness (QED) is 0.159. The molecular formula is C36H50O3. The molecule has 1 N–H and O–H groups in total. The molecular weight excluding hydrogens is 480 g/mol. The molecule has 0 spiro atoms. The van der Waals surface area contributed by atoms with Crippen LogP contribution in [0.2, 0.25) is 0 Å². The zero-order valence-electron chi connectivity index (χ0n) is 24.2. The number of rotatable bonds is 13. The minimum atomic E-state index is -0.476. The summed E-state index contributed by atoms with van der Waals surface area (Å²) in [5.41, 5.74) is 5.78. The van der Waals surface area contributed by atoms with E-state index < -0.39 is 5.97 Å². The van der Waals surface area contributed by atoms with Gasteiger partial charge in [-0.25, -0.2) is 4.79 Å². The number of hydrogen-bond acceptors (Lipinski definition) is 3. The summed E-state index contributed by atoms with van der Waals surface area (Å²) in [4.78, 5) is 11.6. The smallest absolute Gasteiger partial charge is 0.335 e. The van der Waals surface area contributed by atoms with E-state index in [9.17, 15) is 4.79 Å². The molecule has 2 saturated carbocycles. The Morgan fingerprint density at radius 3 is 1.64 bits per heavy atom. The zero-order valence-corrected chi connectivity index (χ0v) is 24.2. The first-order valence-corrected chi connectivity index (χ1v) is 15.7. The van der Waals surface area contributed by atoms with Crippen LogP contribution in [0.25, 0.3) is 11.1 Å². The third kappa shape index (κ3) is 8.80. The molecule has 3 heteroatoms. The van der Waals surface area contributed by atoms with Crippen molar-refractivity contribution in [1.82, 2.24) is 0 Å². The van der Waals surface area contributed by atoms with Crippen LogP contribution in [-0.4, -0.2) is 24.3 Å². The molecule has 212 valence electrons. The van der Waals surface area contributed by atoms with Crippen molar-refractivity contribution in [3.63, 3.8) is 0 Å². The number of aliphatic hydroxyl groups excluding tert-OH is 1. The standard InChI is InChI=1S/C36H50O3/c1-3-4-5-7-28-9-13-30(14-10-28)32-17-21-34(22-18-32)35-23-19-33(20-24-35)31-15-11-29(12-16-31)8-6-25-39-36(38)27(2)26-37/h17-24,28-31,37H,2-16,25-26H2,1H3. The van der Waals surface area contributed by atoms with E-state index in [1.54, 1.807) is 0 Å². The Morgan fingerprint density at radius 2 is 1.21 bits per heavy atom. The molecule has 2 aromatic rings. The Labute approximate surface area is 237 Å². The SMILES string of the molecule is C=C(CO)C(=O)OCCCC1CCC(c2ccc(-c3ccc(C4CCC(CCCCC)CC4)cc3)cc2)CC1. The fourth-order valence-corrected chi connectivity index (χ4v) is 6.85. The van der Waals surface area contributed by atoms with Gasteiger partial charge in [0, 0.05) is 0 Å². The number of carbonyl (C=O) groups is 1. The van der Waals surface area contributed by atoms with Gasteiger partial charge in [0.15, 0.2) is 0 Å². The molecule has 0 amide bonds. The highest BCUT2D eigenvalue weighted by Gasteiger charge is 2.23. The van der Waals surface area contributed by atoms with Gasteiger partial charge in [-0.2, -0.15) is 0 Å². The van der Waals surface area contributed by atoms with E-state index in [0.29, 0.717) is 12.5 Å². The number of esters is 1. The molecule has 0 saturated heterocycles. The summed E-state index contributed by atoms with van der Waals surface area (Å²) in [5, 5.41) is 8.94. The fraction of sp³-hybridized carbons (Fsp3) is 0.583. The lowest BCUT2D eigenvalue weighted by Gasteiger charge is -2.29. The van der Waals surface area contributed by atoms with Crippen LogP contribution in [-0.2, 0) is 9.53 Å². The monoisotopic (exact) mass is 530 g/mol. The fourth-order valence-electron chi connectivity index (χ4n) is 6.85. The van der Waals surface area contributed by atoms with Crippen LogP contribution in [0.3, 0.4) is 0 Å². The third-order valence-corrected chi connectivity index (χ3v) is 9.48. The number of ether oxygens (including phenoxy) is 1. The van der Waals surface area contributed by atoms with Gasteiger partial charge in [0.1, 0.15) is 0 Å². The summed E-state index contributed by atoms with van der Waals surface area (Å²) in [6.45, 7) is 5.89. The Morgan fingerprint density at radius 1 is 0.744 bits per heavy atom. The second kappa shape index (κ2) is 15.4. The molecule has 2 fully saturated rings. The Balaban J connectivity index is 1.19. The van der Waals surface area contributed by atoms with Crippen LogP contribution in [0.1, 0.15) is 120 Å². The molecule has 39 heavy (non-hydrogen) atoms. The van der Waals surface area contributed by atoms with Crippen molar-refractivity contribution in [1.29, 1.82) is 0 Å². The van der Waals surface area contributed by atoms with Crippen LogP contribution in [0.4, 0.5) is 0 Å². The normalized spacial score (nSPS) is 23.3. The highest BCUT2D eigenvalue weighted by molar-refractivity contribution is 5.87. The summed E-state index contributed by atoms with van der Waals surface area (Å²) in [7, 11) is 0. The predicted molar refractivity (Wildman–Crippen MR) is 162 cm³/mol. The van der Waals surface area contributed by atoms with Gasteiger partial charge in [-0.15, -0.1) is 0 Å². The molecule has 0 heterocycles. The molecule has 0 atom stereocenters. The molecule has 3 nitrogen and oxygen atoms in total. The van der Waals surface area contributed by atoms with Gasteiger partial charge in [0.05, 0.1) is 18.8 Å². The van der Waals surface area contributed by atoms with Crippen LogP contribution in [0.15, 0.2) is 60.7 Å². The Hall–Kier alpha value is -2.39. The largest absolute Gasteiger partial charge is 0.462 e. The molecule has 0 aliphatic heterocycles. The number of unbranched alkanes of at least 4 members (excludes halogenated alkanes) is 2. The number of benzene rings is 2. The van der Waals surface area contributed by atoms with Crippen molar-refractivity contribution in [3.05, 3.63) is 71.8 Å². The van der Waals surface area contributed by atoms with E-state index in [4.69, 9.17) is 9.84 Å². The Bertz CT molecular complexity index is 1010. The van der Waals surface area contributed by atoms with E-state index in [1.165, 1.54) is 99.3 Å². The maximum Gasteiger partial charge on any atom is 0.335 e. The Kier molecular flexibility index (Phi) is 11.7. The highest BCUT2D eigenvalue weighted by Crippen LogP contribution is 2.40. The molecule has 0 aromatic heterocycles. The molecule has 2 aliphatic carbocycles. The molecule has 2 aliphatic rings. The van der Waals surface area contributed by atoms with Crippen LogP contribution < -0.4 is 0 Å². The van der Waals surface area contributed by atoms with E-state index in [1.807, 2.05) is 0 Å². The topological polar surface area (TPSA) is 46.5 Å². The summed E-state index contributed by atoms with van der Waals surface area (Å²) >= 11 is 0. The summed E-state index contributed by atoms with van der Waals surface area (Å²) in [5.74, 6) is 2.61. The average molecular weight is 531 g/mol. The molecule has 4 rings (SSSR count). The summed E-state index contributed by atoms with van der Waals surface area (Å²) < 4.78 is 5.18. The van der Waals surface area contributed by atoms with Crippen molar-refractivity contribution in [2.45, 2.75) is 109 Å². The lowest BCUT2D eigenvalue weighted by molar-refractivity contribution is -0.139. The van der Waals surface area contributed by atoms with Gasteiger partial charge in [0.25, 0.3) is 0 Å². The van der Waals surface area contributed by atoms with E-state index in [0.717, 1.165) is 30.6 Å². The second-order valence-corrected chi connectivity index (χ2v) is 12.2. The average Bonchev–Trinajstić information content (AvgIpc) is 3.00. The van der Waals surface area contributed by atoms with E-state index >= 15 is 0 Å². The van der Waals surface area contributed by atoms with Gasteiger partial charge in [0.2, 0.25) is 0 Å². The number of carbonyl (C=O) groups excluding carboxylic acids is 1. The van der Waals surface area contributed by atoms with E-state index in [-0.39, 0.29) is 12.2 Å². The van der Waals surface area contributed by atoms with Gasteiger partial charge < -0.3 is 9.84 Å². The molecule has 0 unspecified atom stereocenters.